The van der Waals surface area contributed by atoms with Crippen molar-refractivity contribution in [1.82, 2.24) is 0 Å². The van der Waals surface area contributed by atoms with Crippen LogP contribution >= 0.6 is 0 Å². The maximum Gasteiger partial charge on any atom is 0.432 e. The van der Waals surface area contributed by atoms with E-state index in [2.05, 4.69) is 35.3 Å². The summed E-state index contributed by atoms with van der Waals surface area (Å²) in [5.41, 5.74) is -2.79. The van der Waals surface area contributed by atoms with Crippen molar-refractivity contribution < 1.29 is 48.6 Å². The minimum absolute atomic E-state index is 0.188. The Kier molecular flexibility index (Phi) is 10.4. The van der Waals surface area contributed by atoms with Gasteiger partial charge in [0.05, 0.1) is 5.56 Å². The summed E-state index contributed by atoms with van der Waals surface area (Å²) < 4.78 is 143. The molecule has 46 heavy (non-hydrogen) atoms. The zero-order valence-corrected chi connectivity index (χ0v) is 23.9. The molecule has 4 rings (SSSR count). The molecule has 11 heteroatoms. The zero-order valence-electron chi connectivity index (χ0n) is 23.9. The summed E-state index contributed by atoms with van der Waals surface area (Å²) in [5.74, 6) is -0.277. The van der Waals surface area contributed by atoms with Crippen LogP contribution in [0, 0.1) is 52.8 Å². The molecule has 0 aromatic heterocycles. The van der Waals surface area contributed by atoms with Gasteiger partial charge in [-0.25, -0.2) is 22.0 Å². The summed E-state index contributed by atoms with van der Waals surface area (Å²) in [7, 11) is 0. The van der Waals surface area contributed by atoms with E-state index in [0.717, 1.165) is 37.3 Å². The van der Waals surface area contributed by atoms with Crippen molar-refractivity contribution in [3.8, 4) is 29.4 Å². The van der Waals surface area contributed by atoms with Crippen LogP contribution in [0.15, 0.2) is 66.7 Å². The lowest BCUT2D eigenvalue weighted by Crippen LogP contribution is -2.25. The van der Waals surface area contributed by atoms with Gasteiger partial charge in [0, 0.05) is 28.8 Å². The second-order valence-corrected chi connectivity index (χ2v) is 10.0. The first-order valence-electron chi connectivity index (χ1n) is 13.7. The predicted octanol–water partition coefficient (Wildman–Crippen LogP) is 10.1. The molecule has 0 aliphatic carbocycles. The number of rotatable bonds is 7. The van der Waals surface area contributed by atoms with Crippen molar-refractivity contribution in [3.05, 3.63) is 135 Å². The van der Waals surface area contributed by atoms with Gasteiger partial charge in [0.1, 0.15) is 46.0 Å². The molecule has 1 nitrogen and oxygen atoms in total. The molecule has 0 radical (unpaired) electrons. The average Bonchev–Trinajstić information content (AvgIpc) is 2.94. The smallest absolute Gasteiger partial charge is 0.429 e. The van der Waals surface area contributed by atoms with Crippen LogP contribution in [0.25, 0.3) is 0 Å². The maximum absolute atomic E-state index is 14.7. The van der Waals surface area contributed by atoms with Crippen LogP contribution in [0.2, 0.25) is 0 Å². The summed E-state index contributed by atoms with van der Waals surface area (Å²) >= 11 is 0. The van der Waals surface area contributed by atoms with Crippen LogP contribution in [-0.4, -0.2) is 0 Å². The minimum Gasteiger partial charge on any atom is -0.429 e. The monoisotopic (exact) mass is 648 g/mol. The van der Waals surface area contributed by atoms with Gasteiger partial charge in [-0.15, -0.1) is 0 Å². The average molecular weight is 649 g/mol. The Labute approximate surface area is 257 Å². The highest BCUT2D eigenvalue weighted by atomic mass is 19.4. The molecule has 0 fully saturated rings. The van der Waals surface area contributed by atoms with Gasteiger partial charge in [-0.1, -0.05) is 55.6 Å². The van der Waals surface area contributed by atoms with Crippen molar-refractivity contribution >= 4 is 0 Å². The fourth-order valence-electron chi connectivity index (χ4n) is 4.31. The van der Waals surface area contributed by atoms with Crippen molar-refractivity contribution in [1.29, 1.82) is 0 Å². The maximum atomic E-state index is 14.7. The number of benzene rings is 4. The van der Waals surface area contributed by atoms with E-state index >= 15 is 0 Å². The molecule has 0 aliphatic heterocycles. The Morgan fingerprint density at radius 3 is 1.65 bits per heavy atom. The van der Waals surface area contributed by atoms with Crippen molar-refractivity contribution in [2.45, 2.75) is 44.9 Å². The standard InChI is InChI=1S/C35H22F10O/c1-2-3-4-5-21-6-8-22(9-7-21)10-11-23-12-14-25(27(36)16-23)15-13-24-17-28(37)33(29(38)18-24)35(44,45)46-26-19-30(39)32(31(40)20-26)34(41,42)43/h6-9,12,14,16-20H,2-5H2,1H3. The highest BCUT2D eigenvalue weighted by molar-refractivity contribution is 5.49. The lowest BCUT2D eigenvalue weighted by molar-refractivity contribution is -0.189. The lowest BCUT2D eigenvalue weighted by atomic mass is 10.1. The molecule has 0 N–H and O–H groups in total. The van der Waals surface area contributed by atoms with Gasteiger partial charge in [-0.2, -0.15) is 22.0 Å². The summed E-state index contributed by atoms with van der Waals surface area (Å²) in [5, 5.41) is 0. The zero-order chi connectivity index (χ0) is 33.6. The lowest BCUT2D eigenvalue weighted by Gasteiger charge is -2.20. The largest absolute Gasteiger partial charge is 0.432 e. The van der Waals surface area contributed by atoms with E-state index in [4.69, 9.17) is 0 Å². The van der Waals surface area contributed by atoms with Gasteiger partial charge in [-0.05, 0) is 60.9 Å². The van der Waals surface area contributed by atoms with Gasteiger partial charge < -0.3 is 4.74 Å². The predicted molar refractivity (Wildman–Crippen MR) is 150 cm³/mol. The molecule has 0 saturated heterocycles. The first kappa shape index (κ1) is 34.0. The van der Waals surface area contributed by atoms with E-state index in [1.807, 2.05) is 24.3 Å². The van der Waals surface area contributed by atoms with Gasteiger partial charge >= 0.3 is 12.3 Å². The third kappa shape index (κ3) is 8.42. The highest BCUT2D eigenvalue weighted by Crippen LogP contribution is 2.39. The first-order chi connectivity index (χ1) is 21.7. The molecule has 0 saturated carbocycles. The third-order valence-electron chi connectivity index (χ3n) is 6.56. The van der Waals surface area contributed by atoms with E-state index in [-0.39, 0.29) is 17.7 Å². The van der Waals surface area contributed by atoms with Crippen LogP contribution in [0.3, 0.4) is 0 Å². The summed E-state index contributed by atoms with van der Waals surface area (Å²) in [6.45, 7) is 2.13. The second-order valence-electron chi connectivity index (χ2n) is 10.0. The van der Waals surface area contributed by atoms with E-state index in [9.17, 15) is 43.9 Å². The van der Waals surface area contributed by atoms with E-state index in [1.54, 1.807) is 0 Å². The number of alkyl halides is 5. The molecular weight excluding hydrogens is 626 g/mol. The number of hydrogen-bond acceptors (Lipinski definition) is 1. The SMILES string of the molecule is CCCCCc1ccc(C#Cc2ccc(C#Cc3cc(F)c(C(F)(F)Oc4cc(F)c(C(F)(F)F)c(F)c4)c(F)c3)c(F)c2)cc1. The number of hydrogen-bond donors (Lipinski definition) is 0. The molecule has 0 heterocycles. The molecule has 4 aromatic carbocycles. The minimum atomic E-state index is -5.48. The molecule has 0 atom stereocenters. The van der Waals surface area contributed by atoms with Crippen molar-refractivity contribution in [3.63, 3.8) is 0 Å². The normalized spacial score (nSPS) is 11.4. The van der Waals surface area contributed by atoms with Crippen molar-refractivity contribution in [2.24, 2.45) is 0 Å². The third-order valence-corrected chi connectivity index (χ3v) is 6.56. The number of ether oxygens (including phenoxy) is 1. The summed E-state index contributed by atoms with van der Waals surface area (Å²) in [4.78, 5) is 0. The molecule has 0 spiro atoms. The summed E-state index contributed by atoms with van der Waals surface area (Å²) in [6, 6.07) is 11.9. The topological polar surface area (TPSA) is 9.23 Å². The van der Waals surface area contributed by atoms with Crippen LogP contribution in [0.4, 0.5) is 43.9 Å². The molecular formula is C35H22F10O. The van der Waals surface area contributed by atoms with E-state index in [1.165, 1.54) is 17.7 Å². The Morgan fingerprint density at radius 1 is 0.565 bits per heavy atom. The molecule has 0 amide bonds. The fourth-order valence-corrected chi connectivity index (χ4v) is 4.31. The van der Waals surface area contributed by atoms with Gasteiger partial charge in [-0.3, -0.25) is 0 Å². The molecule has 0 unspecified atom stereocenters. The Hall–Kier alpha value is -4.90. The van der Waals surface area contributed by atoms with Gasteiger partial charge in [0.25, 0.3) is 0 Å². The molecule has 0 aliphatic rings. The summed E-state index contributed by atoms with van der Waals surface area (Å²) in [6.07, 6.45) is -6.07. The van der Waals surface area contributed by atoms with E-state index in [0.29, 0.717) is 17.7 Å². The van der Waals surface area contributed by atoms with Crippen LogP contribution in [0.5, 0.6) is 5.75 Å². The number of aryl methyl sites for hydroxylation is 1. The van der Waals surface area contributed by atoms with E-state index < -0.39 is 63.8 Å². The number of halogens is 10. The van der Waals surface area contributed by atoms with Gasteiger partial charge in [0.2, 0.25) is 0 Å². The molecule has 4 aromatic rings. The van der Waals surface area contributed by atoms with Crippen LogP contribution in [-0.2, 0) is 18.7 Å². The first-order valence-corrected chi connectivity index (χ1v) is 13.7. The molecule has 0 bridgehead atoms. The highest BCUT2D eigenvalue weighted by Gasteiger charge is 2.43. The quantitative estimate of drug-likeness (QED) is 0.110. The van der Waals surface area contributed by atoms with Crippen LogP contribution in [0.1, 0.15) is 65.1 Å². The Bertz CT molecular complexity index is 1810. The van der Waals surface area contributed by atoms with Crippen molar-refractivity contribution in [2.75, 3.05) is 0 Å². The van der Waals surface area contributed by atoms with Crippen LogP contribution < -0.4 is 4.74 Å². The molecule has 238 valence electrons. The Balaban J connectivity index is 1.49. The Morgan fingerprint density at radius 2 is 1.09 bits per heavy atom. The number of unbranched alkanes of at least 4 members (excludes halogenated alkanes) is 2. The van der Waals surface area contributed by atoms with Gasteiger partial charge in [0.15, 0.2) is 0 Å². The fraction of sp³-hybridized carbons (Fsp3) is 0.200. The second kappa shape index (κ2) is 14.0.